The van der Waals surface area contributed by atoms with Crippen LogP contribution in [0.2, 0.25) is 0 Å². The minimum absolute atomic E-state index is 0.0350. The Hall–Kier alpha value is -0.160. The smallest absolute Gasteiger partial charge is 0.0940 e. The first-order valence-electron chi connectivity index (χ1n) is 6.81. The molecule has 0 amide bonds. The first kappa shape index (κ1) is 11.9. The predicted octanol–water partition coefficient (Wildman–Crippen LogP) is 1.08. The molecule has 1 spiro atoms. The summed E-state index contributed by atoms with van der Waals surface area (Å²) in [4.78, 5) is 0. The van der Waals surface area contributed by atoms with Gasteiger partial charge in [0.05, 0.1) is 18.8 Å². The van der Waals surface area contributed by atoms with Gasteiger partial charge in [0.1, 0.15) is 0 Å². The highest BCUT2D eigenvalue weighted by Crippen LogP contribution is 2.41. The SMILES string of the molecule is NC1(C2CCOC3(CCOC3)C2)CCCOC1. The van der Waals surface area contributed by atoms with Crippen molar-refractivity contribution >= 4 is 0 Å². The lowest BCUT2D eigenvalue weighted by Gasteiger charge is -2.46. The van der Waals surface area contributed by atoms with Crippen molar-refractivity contribution in [2.75, 3.05) is 33.0 Å². The van der Waals surface area contributed by atoms with Gasteiger partial charge in [-0.15, -0.1) is 0 Å². The van der Waals surface area contributed by atoms with E-state index in [0.717, 1.165) is 58.5 Å². The summed E-state index contributed by atoms with van der Waals surface area (Å²) in [7, 11) is 0. The molecule has 3 unspecified atom stereocenters. The molecule has 0 aliphatic carbocycles. The molecule has 0 aromatic heterocycles. The van der Waals surface area contributed by atoms with Gasteiger partial charge in [-0.3, -0.25) is 0 Å². The Kier molecular flexibility index (Phi) is 3.15. The van der Waals surface area contributed by atoms with Crippen LogP contribution < -0.4 is 5.73 Å². The lowest BCUT2D eigenvalue weighted by Crippen LogP contribution is -2.57. The van der Waals surface area contributed by atoms with E-state index in [2.05, 4.69) is 0 Å². The summed E-state index contributed by atoms with van der Waals surface area (Å²) in [5, 5.41) is 0. The molecule has 3 saturated heterocycles. The summed E-state index contributed by atoms with van der Waals surface area (Å²) in [6.07, 6.45) is 5.33. The molecule has 3 aliphatic heterocycles. The van der Waals surface area contributed by atoms with E-state index in [-0.39, 0.29) is 11.1 Å². The van der Waals surface area contributed by atoms with Crippen molar-refractivity contribution in [1.82, 2.24) is 0 Å². The van der Waals surface area contributed by atoms with Crippen molar-refractivity contribution in [3.8, 4) is 0 Å². The molecule has 3 heterocycles. The molecule has 3 rings (SSSR count). The summed E-state index contributed by atoms with van der Waals surface area (Å²) >= 11 is 0. The van der Waals surface area contributed by atoms with Gasteiger partial charge in [0.25, 0.3) is 0 Å². The van der Waals surface area contributed by atoms with Crippen LogP contribution in [0.3, 0.4) is 0 Å². The molecule has 0 aromatic rings. The van der Waals surface area contributed by atoms with Gasteiger partial charge in [-0.25, -0.2) is 0 Å². The normalized spacial score (nSPS) is 47.5. The van der Waals surface area contributed by atoms with E-state index in [1.54, 1.807) is 0 Å². The average molecular weight is 241 g/mol. The second-order valence-corrected chi connectivity index (χ2v) is 5.91. The lowest BCUT2D eigenvalue weighted by molar-refractivity contribution is -0.121. The number of hydrogen-bond donors (Lipinski definition) is 1. The fourth-order valence-corrected chi connectivity index (χ4v) is 3.54. The fraction of sp³-hybridized carbons (Fsp3) is 1.00. The van der Waals surface area contributed by atoms with E-state index in [1.807, 2.05) is 0 Å². The highest BCUT2D eigenvalue weighted by molar-refractivity contribution is 5.00. The van der Waals surface area contributed by atoms with Crippen LogP contribution in [0.4, 0.5) is 0 Å². The van der Waals surface area contributed by atoms with Crippen LogP contribution in [0.15, 0.2) is 0 Å². The third kappa shape index (κ3) is 2.24. The Morgan fingerprint density at radius 2 is 1.88 bits per heavy atom. The second-order valence-electron chi connectivity index (χ2n) is 5.91. The molecular weight excluding hydrogens is 218 g/mol. The molecule has 0 radical (unpaired) electrons. The minimum Gasteiger partial charge on any atom is -0.380 e. The Morgan fingerprint density at radius 1 is 1.00 bits per heavy atom. The van der Waals surface area contributed by atoms with Crippen LogP contribution in [0, 0.1) is 5.92 Å². The van der Waals surface area contributed by atoms with E-state index in [1.165, 1.54) is 0 Å². The van der Waals surface area contributed by atoms with Gasteiger partial charge < -0.3 is 19.9 Å². The molecule has 4 nitrogen and oxygen atoms in total. The zero-order valence-corrected chi connectivity index (χ0v) is 10.5. The first-order chi connectivity index (χ1) is 8.23. The molecule has 0 aromatic carbocycles. The van der Waals surface area contributed by atoms with E-state index < -0.39 is 0 Å². The predicted molar refractivity (Wildman–Crippen MR) is 63.8 cm³/mol. The quantitative estimate of drug-likeness (QED) is 0.746. The maximum atomic E-state index is 6.56. The molecule has 0 saturated carbocycles. The molecule has 2 N–H and O–H groups in total. The van der Waals surface area contributed by atoms with Crippen LogP contribution in [-0.2, 0) is 14.2 Å². The average Bonchev–Trinajstić information content (AvgIpc) is 2.78. The fourth-order valence-electron chi connectivity index (χ4n) is 3.54. The molecule has 3 fully saturated rings. The zero-order chi connectivity index (χ0) is 11.8. The molecule has 98 valence electrons. The molecule has 4 heteroatoms. The monoisotopic (exact) mass is 241 g/mol. The van der Waals surface area contributed by atoms with Gasteiger partial charge in [-0.1, -0.05) is 0 Å². The van der Waals surface area contributed by atoms with E-state index >= 15 is 0 Å². The van der Waals surface area contributed by atoms with Crippen LogP contribution in [0.25, 0.3) is 0 Å². The van der Waals surface area contributed by atoms with Gasteiger partial charge >= 0.3 is 0 Å². The molecule has 3 atom stereocenters. The zero-order valence-electron chi connectivity index (χ0n) is 10.5. The number of rotatable bonds is 1. The lowest BCUT2D eigenvalue weighted by atomic mass is 9.71. The largest absolute Gasteiger partial charge is 0.380 e. The maximum Gasteiger partial charge on any atom is 0.0940 e. The number of ether oxygens (including phenoxy) is 3. The summed E-state index contributed by atoms with van der Waals surface area (Å²) in [6, 6.07) is 0. The second kappa shape index (κ2) is 4.50. The van der Waals surface area contributed by atoms with Gasteiger partial charge in [0.15, 0.2) is 0 Å². The van der Waals surface area contributed by atoms with Crippen molar-refractivity contribution in [3.05, 3.63) is 0 Å². The minimum atomic E-state index is -0.127. The summed E-state index contributed by atoms with van der Waals surface area (Å²) < 4.78 is 17.1. The van der Waals surface area contributed by atoms with Crippen molar-refractivity contribution in [1.29, 1.82) is 0 Å². The molecule has 3 aliphatic rings. The topological polar surface area (TPSA) is 53.7 Å². The molecule has 0 bridgehead atoms. The van der Waals surface area contributed by atoms with Crippen LogP contribution in [0.5, 0.6) is 0 Å². The molecule has 17 heavy (non-hydrogen) atoms. The van der Waals surface area contributed by atoms with E-state index in [0.29, 0.717) is 12.5 Å². The highest BCUT2D eigenvalue weighted by atomic mass is 16.6. The van der Waals surface area contributed by atoms with Crippen LogP contribution in [-0.4, -0.2) is 44.2 Å². The summed E-state index contributed by atoms with van der Waals surface area (Å²) in [6.45, 7) is 4.00. The first-order valence-corrected chi connectivity index (χ1v) is 6.81. The van der Waals surface area contributed by atoms with Gasteiger partial charge in [0, 0.05) is 31.8 Å². The standard InChI is InChI=1S/C13H23NO3/c14-13(3-1-5-15-10-13)11-2-6-17-12(8-11)4-7-16-9-12/h11H,1-10,14H2. The van der Waals surface area contributed by atoms with Crippen LogP contribution >= 0.6 is 0 Å². The van der Waals surface area contributed by atoms with E-state index in [4.69, 9.17) is 19.9 Å². The number of hydrogen-bond acceptors (Lipinski definition) is 4. The van der Waals surface area contributed by atoms with Crippen molar-refractivity contribution in [3.63, 3.8) is 0 Å². The third-order valence-corrected chi connectivity index (χ3v) is 4.67. The summed E-state index contributed by atoms with van der Waals surface area (Å²) in [5.74, 6) is 0.526. The van der Waals surface area contributed by atoms with Gasteiger partial charge in [0.2, 0.25) is 0 Å². The van der Waals surface area contributed by atoms with Gasteiger partial charge in [-0.2, -0.15) is 0 Å². The van der Waals surface area contributed by atoms with Crippen molar-refractivity contribution < 1.29 is 14.2 Å². The maximum absolute atomic E-state index is 6.56. The van der Waals surface area contributed by atoms with Crippen molar-refractivity contribution in [2.45, 2.75) is 43.2 Å². The number of nitrogens with two attached hydrogens (primary N) is 1. The Balaban J connectivity index is 1.70. The Labute approximate surface area is 103 Å². The third-order valence-electron chi connectivity index (χ3n) is 4.67. The highest BCUT2D eigenvalue weighted by Gasteiger charge is 2.47. The molecular formula is C13H23NO3. The summed E-state index contributed by atoms with van der Waals surface area (Å²) in [5.41, 5.74) is 6.40. The Morgan fingerprint density at radius 3 is 2.59 bits per heavy atom. The van der Waals surface area contributed by atoms with Crippen LogP contribution in [0.1, 0.15) is 32.1 Å². The Bertz CT molecular complexity index is 270. The van der Waals surface area contributed by atoms with Crippen molar-refractivity contribution in [2.24, 2.45) is 11.7 Å². The van der Waals surface area contributed by atoms with Gasteiger partial charge in [-0.05, 0) is 31.6 Å². The van der Waals surface area contributed by atoms with E-state index in [9.17, 15) is 0 Å².